The molecule has 12 heteroatoms. The van der Waals surface area contributed by atoms with Gasteiger partial charge in [0, 0.05) is 0 Å². The Kier molecular flexibility index (Phi) is 18.3. The summed E-state index contributed by atoms with van der Waals surface area (Å²) in [6, 6.07) is 23.6. The maximum atomic E-state index is 12.4. The third kappa shape index (κ3) is 13.4. The van der Waals surface area contributed by atoms with Gasteiger partial charge in [0.25, 0.3) is 0 Å². The van der Waals surface area contributed by atoms with Crippen LogP contribution in [0.1, 0.15) is 67.6 Å². The fraction of sp³-hybridized carbons (Fsp3) is 0.476. The number of fused-ring (bicyclic) bond motifs is 3. The molecule has 12 nitrogen and oxygen atoms in total. The molecule has 0 N–H and O–H groups in total. The molecule has 0 spiro atoms. The normalized spacial score (nSPS) is 18.7. The molecule has 4 aromatic carbocycles. The number of hydrogen-bond donors (Lipinski definition) is 0. The van der Waals surface area contributed by atoms with E-state index in [4.69, 9.17) is 48.0 Å². The van der Waals surface area contributed by atoms with E-state index >= 15 is 0 Å². The Morgan fingerprint density at radius 3 is 1.76 bits per heavy atom. The number of ether oxygens (including phenoxy) is 6. The molecule has 4 aromatic rings. The van der Waals surface area contributed by atoms with Crippen molar-refractivity contribution in [2.24, 2.45) is 0 Å². The summed E-state index contributed by atoms with van der Waals surface area (Å²) in [7, 11) is 0. The van der Waals surface area contributed by atoms with Crippen LogP contribution >= 0.6 is 0 Å². The molecule has 2 aliphatic rings. The Balaban J connectivity index is 0.00000102. The third-order valence-corrected chi connectivity index (χ3v) is 8.05. The molecule has 2 aliphatic heterocycles. The molecule has 4 atom stereocenters. The van der Waals surface area contributed by atoms with E-state index in [1.54, 1.807) is 12.1 Å². The number of benzene rings is 4. The van der Waals surface area contributed by atoms with E-state index in [0.717, 1.165) is 27.3 Å². The first-order valence-corrected chi connectivity index (χ1v) is 18.5. The highest BCUT2D eigenvalue weighted by atomic mass is 17.2. The average Bonchev–Trinajstić information content (AvgIpc) is 3.76. The van der Waals surface area contributed by atoms with Gasteiger partial charge in [0.05, 0.1) is 18.8 Å². The molecule has 6 rings (SSSR count). The van der Waals surface area contributed by atoms with E-state index < -0.39 is 36.9 Å². The first-order valence-electron chi connectivity index (χ1n) is 18.5. The van der Waals surface area contributed by atoms with Crippen LogP contribution in [0.25, 0.3) is 21.5 Å². The molecule has 0 saturated carbocycles. The molecule has 54 heavy (non-hydrogen) atoms. The number of hydrogen-bond acceptors (Lipinski definition) is 12. The molecule has 2 fully saturated rings. The summed E-state index contributed by atoms with van der Waals surface area (Å²) in [4.78, 5) is 45.2. The zero-order valence-electron chi connectivity index (χ0n) is 32.2. The maximum Gasteiger partial charge on any atom is 0.346 e. The molecule has 0 aliphatic carbocycles. The molecule has 294 valence electrons. The summed E-state index contributed by atoms with van der Waals surface area (Å²) in [5.74, 6) is -1.36. The van der Waals surface area contributed by atoms with E-state index in [2.05, 4.69) is 65.0 Å². The highest BCUT2D eigenvalue weighted by molar-refractivity contribution is 5.96. The highest BCUT2D eigenvalue weighted by Gasteiger charge is 2.49. The predicted octanol–water partition coefficient (Wildman–Crippen LogP) is 7.72. The van der Waals surface area contributed by atoms with Gasteiger partial charge in [-0.2, -0.15) is 0 Å². The highest BCUT2D eigenvalue weighted by Crippen LogP contribution is 2.30. The van der Waals surface area contributed by atoms with Gasteiger partial charge in [0.15, 0.2) is 20.2 Å². The van der Waals surface area contributed by atoms with Crippen molar-refractivity contribution in [1.82, 2.24) is 0 Å². The molecular formula is C42H54O12. The van der Waals surface area contributed by atoms with Gasteiger partial charge in [-0.25, -0.2) is 29.1 Å². The maximum absolute atomic E-state index is 12.4. The predicted molar refractivity (Wildman–Crippen MR) is 202 cm³/mol. The van der Waals surface area contributed by atoms with Gasteiger partial charge in [-0.1, -0.05) is 106 Å². The number of carbonyl (C=O) groups excluding carboxylic acids is 2. The summed E-state index contributed by atoms with van der Waals surface area (Å²) in [6.45, 7) is 12.7. The van der Waals surface area contributed by atoms with Crippen molar-refractivity contribution in [3.05, 3.63) is 95.1 Å². The fourth-order valence-electron chi connectivity index (χ4n) is 5.59. The Morgan fingerprint density at radius 1 is 0.611 bits per heavy atom. The van der Waals surface area contributed by atoms with Crippen LogP contribution in [0, 0.1) is 13.8 Å². The molecule has 0 bridgehead atoms. The Morgan fingerprint density at radius 2 is 1.13 bits per heavy atom. The Labute approximate surface area is 317 Å². The molecule has 0 aromatic heterocycles. The lowest BCUT2D eigenvalue weighted by Gasteiger charge is -2.17. The van der Waals surface area contributed by atoms with Crippen LogP contribution in [0.15, 0.2) is 72.8 Å². The minimum atomic E-state index is -0.738. The van der Waals surface area contributed by atoms with Gasteiger partial charge in [0.2, 0.25) is 0 Å². The van der Waals surface area contributed by atoms with Crippen molar-refractivity contribution in [3.8, 4) is 0 Å². The van der Waals surface area contributed by atoms with E-state index in [1.807, 2.05) is 37.3 Å². The van der Waals surface area contributed by atoms with Gasteiger partial charge < -0.3 is 28.4 Å². The smallest absolute Gasteiger partial charge is 0.346 e. The quantitative estimate of drug-likeness (QED) is 0.0366. The standard InChI is InChI=1S/C36H38O12.2C3H8/c1-23-3-6-28-15-25(5-8-26(28)13-23)17-47-45-11-12-46-48-22-43-32-19-40-34-31(18-39-35(32)34)42-21-44-33(37)20-41-36(38)30-10-9-27-14-24(2)4-7-29(27)16-30;2*1-3-2/h3-10,13-16,31-32,34-35H,11-12,17-22H2,1-2H3;2*3H2,1-2H3/t31-,32-,34-,35-;;/m1../s1. The summed E-state index contributed by atoms with van der Waals surface area (Å²) >= 11 is 0. The van der Waals surface area contributed by atoms with Crippen LogP contribution < -0.4 is 0 Å². The van der Waals surface area contributed by atoms with Gasteiger partial charge in [-0.15, -0.1) is 0 Å². The second-order valence-corrected chi connectivity index (χ2v) is 13.0. The third-order valence-electron chi connectivity index (χ3n) is 8.05. The van der Waals surface area contributed by atoms with E-state index in [1.165, 1.54) is 23.8 Å². The summed E-state index contributed by atoms with van der Waals surface area (Å²) < 4.78 is 33.1. The topological polar surface area (TPSA) is 126 Å². The number of aryl methyl sites for hydroxylation is 2. The SMILES string of the molecule is CCC.CCC.Cc1ccc2cc(COOCCOOCO[C@@H]3CO[C@H]4[C@@H]3OC[C@H]4OCOC(=O)COC(=O)c3ccc4cc(C)ccc4c3)ccc2c1. The lowest BCUT2D eigenvalue weighted by Crippen LogP contribution is -2.35. The van der Waals surface area contributed by atoms with Gasteiger partial charge in [-0.3, -0.25) is 0 Å². The lowest BCUT2D eigenvalue weighted by molar-refractivity contribution is -0.369. The van der Waals surface area contributed by atoms with E-state index in [0.29, 0.717) is 12.2 Å². The largest absolute Gasteiger partial charge is 0.450 e. The molecule has 2 saturated heterocycles. The fourth-order valence-corrected chi connectivity index (χ4v) is 5.59. The van der Waals surface area contributed by atoms with E-state index in [9.17, 15) is 9.59 Å². The van der Waals surface area contributed by atoms with Crippen molar-refractivity contribution in [1.29, 1.82) is 0 Å². The number of carbonyl (C=O) groups is 2. The van der Waals surface area contributed by atoms with Gasteiger partial charge in [-0.05, 0) is 59.2 Å². The molecule has 0 amide bonds. The van der Waals surface area contributed by atoms with Crippen LogP contribution in [0.4, 0.5) is 0 Å². The second kappa shape index (κ2) is 23.1. The van der Waals surface area contributed by atoms with Crippen molar-refractivity contribution < 1.29 is 57.6 Å². The monoisotopic (exact) mass is 750 g/mol. The van der Waals surface area contributed by atoms with Gasteiger partial charge >= 0.3 is 11.9 Å². The van der Waals surface area contributed by atoms with Crippen LogP contribution in [0.3, 0.4) is 0 Å². The van der Waals surface area contributed by atoms with Gasteiger partial charge in [0.1, 0.15) is 44.2 Å². The van der Waals surface area contributed by atoms with Crippen LogP contribution in [0.2, 0.25) is 0 Å². The van der Waals surface area contributed by atoms with Crippen LogP contribution in [0.5, 0.6) is 0 Å². The molecule has 2 heterocycles. The zero-order chi connectivity index (χ0) is 38.7. The summed E-state index contributed by atoms with van der Waals surface area (Å²) in [6.07, 6.45) is 0.866. The minimum Gasteiger partial charge on any atom is -0.450 e. The Hall–Kier alpha value is -3.98. The van der Waals surface area contributed by atoms with Crippen molar-refractivity contribution in [3.63, 3.8) is 0 Å². The van der Waals surface area contributed by atoms with Crippen molar-refractivity contribution >= 4 is 33.5 Å². The van der Waals surface area contributed by atoms with E-state index in [-0.39, 0.29) is 46.1 Å². The first-order chi connectivity index (χ1) is 26.3. The summed E-state index contributed by atoms with van der Waals surface area (Å²) in [5, 5.41) is 4.25. The van der Waals surface area contributed by atoms with Crippen LogP contribution in [-0.2, 0) is 59.4 Å². The number of esters is 2. The van der Waals surface area contributed by atoms with Crippen molar-refractivity contribution in [2.75, 3.05) is 46.6 Å². The molecular weight excluding hydrogens is 696 g/mol. The first kappa shape index (κ1) is 42.8. The lowest BCUT2D eigenvalue weighted by atomic mass is 10.0. The minimum absolute atomic E-state index is 0.140. The number of rotatable bonds is 16. The summed E-state index contributed by atoms with van der Waals surface area (Å²) in [5.41, 5.74) is 3.69. The van der Waals surface area contributed by atoms with Crippen molar-refractivity contribution in [2.45, 2.75) is 85.4 Å². The molecule has 0 unspecified atom stereocenters. The zero-order valence-corrected chi connectivity index (χ0v) is 32.2. The Bertz CT molecular complexity index is 1740. The van der Waals surface area contributed by atoms with Crippen LogP contribution in [-0.4, -0.2) is 83.0 Å². The molecule has 0 radical (unpaired) electrons. The average molecular weight is 751 g/mol. The second-order valence-electron chi connectivity index (χ2n) is 13.0.